The molecule has 0 saturated heterocycles. The minimum Gasteiger partial charge on any atom is -0.325 e. The van der Waals surface area contributed by atoms with E-state index in [0.29, 0.717) is 17.7 Å². The summed E-state index contributed by atoms with van der Waals surface area (Å²) in [5, 5.41) is 11.5. The van der Waals surface area contributed by atoms with Crippen LogP contribution in [0.4, 0.5) is 5.69 Å². The number of hydrogen-bond donors (Lipinski definition) is 1. The summed E-state index contributed by atoms with van der Waals surface area (Å²) in [6.45, 7) is 3.64. The van der Waals surface area contributed by atoms with E-state index < -0.39 is 0 Å². The summed E-state index contributed by atoms with van der Waals surface area (Å²) >= 11 is 0. The molecule has 1 rings (SSSR count). The Morgan fingerprint density at radius 2 is 2.29 bits per heavy atom. The molecule has 0 saturated carbocycles. The van der Waals surface area contributed by atoms with Gasteiger partial charge in [0.05, 0.1) is 11.3 Å². The van der Waals surface area contributed by atoms with Crippen LogP contribution in [0, 0.1) is 18.3 Å². The molecule has 0 atom stereocenters. The van der Waals surface area contributed by atoms with Gasteiger partial charge in [0, 0.05) is 6.42 Å². The molecule has 0 aliphatic heterocycles. The molecule has 0 heterocycles. The van der Waals surface area contributed by atoms with Gasteiger partial charge < -0.3 is 5.32 Å². The summed E-state index contributed by atoms with van der Waals surface area (Å²) in [6, 6.07) is 7.41. The largest absolute Gasteiger partial charge is 0.325 e. The van der Waals surface area contributed by atoms with Crippen LogP contribution < -0.4 is 5.32 Å². The van der Waals surface area contributed by atoms with Crippen molar-refractivity contribution in [2.24, 2.45) is 0 Å². The molecular formula is C11H12N2O. The molecule has 3 heteroatoms. The highest BCUT2D eigenvalue weighted by atomic mass is 16.1. The van der Waals surface area contributed by atoms with Crippen LogP contribution in [-0.2, 0) is 4.79 Å². The van der Waals surface area contributed by atoms with E-state index in [9.17, 15) is 4.79 Å². The topological polar surface area (TPSA) is 52.9 Å². The third kappa shape index (κ3) is 2.11. The molecule has 0 radical (unpaired) electrons. The van der Waals surface area contributed by atoms with Crippen molar-refractivity contribution in [1.82, 2.24) is 0 Å². The van der Waals surface area contributed by atoms with Crippen LogP contribution in [0.3, 0.4) is 0 Å². The monoisotopic (exact) mass is 188 g/mol. The first kappa shape index (κ1) is 10.3. The zero-order chi connectivity index (χ0) is 10.6. The maximum absolute atomic E-state index is 11.2. The molecule has 14 heavy (non-hydrogen) atoms. The third-order valence-corrected chi connectivity index (χ3v) is 1.98. The van der Waals surface area contributed by atoms with Gasteiger partial charge in [-0.2, -0.15) is 5.26 Å². The van der Waals surface area contributed by atoms with E-state index in [1.165, 1.54) is 0 Å². The molecular weight excluding hydrogens is 176 g/mol. The fourth-order valence-electron chi connectivity index (χ4n) is 1.15. The van der Waals surface area contributed by atoms with E-state index in [1.807, 2.05) is 13.0 Å². The van der Waals surface area contributed by atoms with Gasteiger partial charge in [0.2, 0.25) is 5.91 Å². The first-order chi connectivity index (χ1) is 6.69. The molecule has 72 valence electrons. The first-order valence-electron chi connectivity index (χ1n) is 4.48. The zero-order valence-corrected chi connectivity index (χ0v) is 8.29. The Kier molecular flexibility index (Phi) is 3.24. The number of nitrogens with one attached hydrogen (secondary N) is 1. The maximum atomic E-state index is 11.2. The molecule has 1 aromatic carbocycles. The Balaban J connectivity index is 3.06. The van der Waals surface area contributed by atoms with E-state index in [-0.39, 0.29) is 5.91 Å². The van der Waals surface area contributed by atoms with Crippen LogP contribution >= 0.6 is 0 Å². The van der Waals surface area contributed by atoms with Crippen molar-refractivity contribution in [2.75, 3.05) is 5.32 Å². The lowest BCUT2D eigenvalue weighted by atomic mass is 10.1. The average molecular weight is 188 g/mol. The molecule has 0 aliphatic rings. The summed E-state index contributed by atoms with van der Waals surface area (Å²) in [4.78, 5) is 11.2. The molecule has 0 fully saturated rings. The fraction of sp³-hybridized carbons (Fsp3) is 0.273. The Morgan fingerprint density at radius 3 is 2.86 bits per heavy atom. The van der Waals surface area contributed by atoms with Crippen LogP contribution in [0.5, 0.6) is 0 Å². The van der Waals surface area contributed by atoms with Crippen molar-refractivity contribution in [3.05, 3.63) is 29.3 Å². The standard InChI is InChI=1S/C11H12N2O/c1-3-10(14)13-11-8(2)5-4-6-9(11)7-12/h4-6H,3H2,1-2H3,(H,13,14). The van der Waals surface area contributed by atoms with E-state index in [0.717, 1.165) is 5.56 Å². The number of nitriles is 1. The first-order valence-corrected chi connectivity index (χ1v) is 4.48. The normalized spacial score (nSPS) is 9.21. The van der Waals surface area contributed by atoms with Gasteiger partial charge in [-0.25, -0.2) is 0 Å². The molecule has 1 N–H and O–H groups in total. The van der Waals surface area contributed by atoms with Gasteiger partial charge in [0.1, 0.15) is 6.07 Å². The van der Waals surface area contributed by atoms with Crippen LogP contribution in [0.1, 0.15) is 24.5 Å². The minimum absolute atomic E-state index is 0.0733. The highest BCUT2D eigenvalue weighted by Crippen LogP contribution is 2.19. The Bertz CT molecular complexity index is 391. The smallest absolute Gasteiger partial charge is 0.224 e. The Hall–Kier alpha value is -1.82. The second-order valence-corrected chi connectivity index (χ2v) is 3.01. The Morgan fingerprint density at radius 1 is 1.57 bits per heavy atom. The Labute approximate surface area is 83.4 Å². The van der Waals surface area contributed by atoms with Crippen molar-refractivity contribution in [2.45, 2.75) is 20.3 Å². The predicted molar refractivity (Wildman–Crippen MR) is 54.8 cm³/mol. The van der Waals surface area contributed by atoms with Gasteiger partial charge in [-0.15, -0.1) is 0 Å². The molecule has 1 aromatic rings. The van der Waals surface area contributed by atoms with Gasteiger partial charge in [-0.3, -0.25) is 4.79 Å². The average Bonchev–Trinajstić information content (AvgIpc) is 2.20. The number of carbonyl (C=O) groups is 1. The van der Waals surface area contributed by atoms with Crippen LogP contribution in [0.15, 0.2) is 18.2 Å². The van der Waals surface area contributed by atoms with Gasteiger partial charge >= 0.3 is 0 Å². The van der Waals surface area contributed by atoms with Crippen LogP contribution in [0.2, 0.25) is 0 Å². The van der Waals surface area contributed by atoms with E-state index >= 15 is 0 Å². The van der Waals surface area contributed by atoms with E-state index in [4.69, 9.17) is 5.26 Å². The summed E-state index contributed by atoms with van der Waals surface area (Å²) in [5.74, 6) is -0.0733. The van der Waals surface area contributed by atoms with Crippen molar-refractivity contribution in [3.8, 4) is 6.07 Å². The molecule has 3 nitrogen and oxygen atoms in total. The van der Waals surface area contributed by atoms with Gasteiger partial charge in [-0.1, -0.05) is 19.1 Å². The molecule has 1 amide bonds. The van der Waals surface area contributed by atoms with Gasteiger partial charge in [0.25, 0.3) is 0 Å². The predicted octanol–water partition coefficient (Wildman–Crippen LogP) is 2.22. The van der Waals surface area contributed by atoms with Crippen molar-refractivity contribution in [3.63, 3.8) is 0 Å². The lowest BCUT2D eigenvalue weighted by molar-refractivity contribution is -0.115. The molecule has 0 bridgehead atoms. The number of anilines is 1. The lowest BCUT2D eigenvalue weighted by Gasteiger charge is -2.08. The van der Waals surface area contributed by atoms with E-state index in [1.54, 1.807) is 19.1 Å². The lowest BCUT2D eigenvalue weighted by Crippen LogP contribution is -2.11. The number of amides is 1. The maximum Gasteiger partial charge on any atom is 0.224 e. The number of hydrogen-bond acceptors (Lipinski definition) is 2. The summed E-state index contributed by atoms with van der Waals surface area (Å²) in [7, 11) is 0. The quantitative estimate of drug-likeness (QED) is 0.773. The molecule has 0 spiro atoms. The summed E-state index contributed by atoms with van der Waals surface area (Å²) in [6.07, 6.45) is 0.416. The van der Waals surface area contributed by atoms with Crippen molar-refractivity contribution >= 4 is 11.6 Å². The summed E-state index contributed by atoms with van der Waals surface area (Å²) in [5.41, 5.74) is 2.04. The van der Waals surface area contributed by atoms with Crippen LogP contribution in [0.25, 0.3) is 0 Å². The van der Waals surface area contributed by atoms with E-state index in [2.05, 4.69) is 11.4 Å². The number of carbonyl (C=O) groups excluding carboxylic acids is 1. The molecule has 0 unspecified atom stereocenters. The van der Waals surface area contributed by atoms with Crippen LogP contribution in [-0.4, -0.2) is 5.91 Å². The number of nitrogens with zero attached hydrogens (tertiary/aromatic N) is 1. The number of benzene rings is 1. The van der Waals surface area contributed by atoms with Crippen molar-refractivity contribution in [1.29, 1.82) is 5.26 Å². The second-order valence-electron chi connectivity index (χ2n) is 3.01. The zero-order valence-electron chi connectivity index (χ0n) is 8.29. The van der Waals surface area contributed by atoms with Gasteiger partial charge in [-0.05, 0) is 18.6 Å². The number of para-hydroxylation sites is 1. The highest BCUT2D eigenvalue weighted by molar-refractivity contribution is 5.92. The summed E-state index contributed by atoms with van der Waals surface area (Å²) < 4.78 is 0. The third-order valence-electron chi connectivity index (χ3n) is 1.98. The number of aryl methyl sites for hydroxylation is 1. The number of rotatable bonds is 2. The SMILES string of the molecule is CCC(=O)Nc1c(C)cccc1C#N. The van der Waals surface area contributed by atoms with Crippen molar-refractivity contribution < 1.29 is 4.79 Å². The second kappa shape index (κ2) is 4.43. The molecule has 0 aromatic heterocycles. The minimum atomic E-state index is -0.0733. The van der Waals surface area contributed by atoms with Gasteiger partial charge in [0.15, 0.2) is 0 Å². The highest BCUT2D eigenvalue weighted by Gasteiger charge is 2.06. The molecule has 0 aliphatic carbocycles. The fourth-order valence-corrected chi connectivity index (χ4v) is 1.15.